The van der Waals surface area contributed by atoms with Gasteiger partial charge in [0.05, 0.1) is 5.69 Å². The van der Waals surface area contributed by atoms with Gasteiger partial charge in [-0.15, -0.1) is 0 Å². The van der Waals surface area contributed by atoms with Gasteiger partial charge in [-0.25, -0.2) is 4.99 Å². The van der Waals surface area contributed by atoms with Crippen molar-refractivity contribution < 1.29 is 9.90 Å². The smallest absolute Gasteiger partial charge is 0.282 e. The minimum Gasteiger partial charge on any atom is -0.508 e. The highest BCUT2D eigenvalue weighted by Crippen LogP contribution is 2.32. The van der Waals surface area contributed by atoms with Crippen LogP contribution in [0.1, 0.15) is 11.1 Å². The van der Waals surface area contributed by atoms with Gasteiger partial charge in [0, 0.05) is 20.1 Å². The van der Waals surface area contributed by atoms with Crippen LogP contribution in [-0.4, -0.2) is 16.8 Å². The zero-order chi connectivity index (χ0) is 20.5. The number of halogens is 3. The molecule has 29 heavy (non-hydrogen) atoms. The summed E-state index contributed by atoms with van der Waals surface area (Å²) in [5.74, 6) is 0.292. The third kappa shape index (κ3) is 3.94. The van der Waals surface area contributed by atoms with E-state index in [4.69, 9.17) is 23.2 Å². The van der Waals surface area contributed by atoms with Crippen LogP contribution >= 0.6 is 39.1 Å². The van der Waals surface area contributed by atoms with E-state index in [1.165, 1.54) is 17.0 Å². The number of amidine groups is 1. The Hall–Kier alpha value is -2.60. The minimum absolute atomic E-state index is 0.114. The second kappa shape index (κ2) is 8.03. The third-order valence-corrected chi connectivity index (χ3v) is 5.59. The number of hydrogen-bond donors (Lipinski definition) is 1. The number of aromatic hydroxyl groups is 1. The Kier molecular flexibility index (Phi) is 5.46. The molecular weight excluding hydrogens is 475 g/mol. The minimum atomic E-state index is -0.299. The van der Waals surface area contributed by atoms with Crippen molar-refractivity contribution in [1.29, 1.82) is 0 Å². The zero-order valence-corrected chi connectivity index (χ0v) is 17.9. The molecule has 0 aliphatic carbocycles. The van der Waals surface area contributed by atoms with Crippen LogP contribution in [-0.2, 0) is 4.79 Å². The summed E-state index contributed by atoms with van der Waals surface area (Å²) < 4.78 is 0.807. The number of carbonyl (C=O) groups is 1. The highest BCUT2D eigenvalue weighted by atomic mass is 79.9. The second-order valence-corrected chi connectivity index (χ2v) is 7.97. The first-order valence-electron chi connectivity index (χ1n) is 8.58. The van der Waals surface area contributed by atoms with Crippen LogP contribution < -0.4 is 4.90 Å². The average molecular weight is 488 g/mol. The molecule has 0 saturated carbocycles. The monoisotopic (exact) mass is 486 g/mol. The fourth-order valence-electron chi connectivity index (χ4n) is 2.95. The van der Waals surface area contributed by atoms with Crippen molar-refractivity contribution >= 4 is 62.6 Å². The van der Waals surface area contributed by atoms with Crippen molar-refractivity contribution in [3.05, 3.63) is 98.1 Å². The van der Waals surface area contributed by atoms with Gasteiger partial charge in [0.15, 0.2) is 0 Å². The van der Waals surface area contributed by atoms with E-state index in [-0.39, 0.29) is 17.4 Å². The predicted octanol–water partition coefficient (Wildman–Crippen LogP) is 6.30. The maximum atomic E-state index is 13.3. The molecule has 0 saturated heterocycles. The molecule has 3 aromatic carbocycles. The van der Waals surface area contributed by atoms with Crippen LogP contribution in [0.4, 0.5) is 5.69 Å². The first-order valence-corrected chi connectivity index (χ1v) is 10.1. The highest BCUT2D eigenvalue weighted by molar-refractivity contribution is 9.10. The Morgan fingerprint density at radius 1 is 1.00 bits per heavy atom. The van der Waals surface area contributed by atoms with Gasteiger partial charge in [-0.1, -0.05) is 63.4 Å². The van der Waals surface area contributed by atoms with E-state index >= 15 is 0 Å². The molecule has 1 amide bonds. The summed E-state index contributed by atoms with van der Waals surface area (Å²) in [6, 6.07) is 19.0. The summed E-state index contributed by atoms with van der Waals surface area (Å²) in [6.07, 6.45) is 1.64. The first kappa shape index (κ1) is 19.7. The lowest BCUT2D eigenvalue weighted by atomic mass is 10.1. The maximum absolute atomic E-state index is 13.3. The van der Waals surface area contributed by atoms with Gasteiger partial charge in [-0.05, 0) is 54.1 Å². The summed E-state index contributed by atoms with van der Waals surface area (Å²) in [7, 11) is 0. The van der Waals surface area contributed by atoms with Crippen molar-refractivity contribution in [2.24, 2.45) is 4.99 Å². The third-order valence-electron chi connectivity index (χ3n) is 4.34. The van der Waals surface area contributed by atoms with Crippen molar-refractivity contribution in [2.75, 3.05) is 4.90 Å². The number of rotatable bonds is 3. The predicted molar refractivity (Wildman–Crippen MR) is 121 cm³/mol. The number of hydrogen-bond acceptors (Lipinski definition) is 3. The van der Waals surface area contributed by atoms with E-state index in [0.717, 1.165) is 10.0 Å². The quantitative estimate of drug-likeness (QED) is 0.441. The van der Waals surface area contributed by atoms with Crippen LogP contribution in [0, 0.1) is 0 Å². The molecule has 0 atom stereocenters. The molecule has 1 heterocycles. The number of nitrogens with zero attached hydrogens (tertiary/aromatic N) is 2. The van der Waals surface area contributed by atoms with E-state index in [0.29, 0.717) is 27.1 Å². The van der Waals surface area contributed by atoms with Crippen molar-refractivity contribution in [1.82, 2.24) is 0 Å². The molecule has 1 aliphatic rings. The number of anilines is 1. The Labute approximate surface area is 185 Å². The normalized spacial score (nSPS) is 15.1. The van der Waals surface area contributed by atoms with Crippen LogP contribution in [0.5, 0.6) is 5.75 Å². The lowest BCUT2D eigenvalue weighted by molar-refractivity contribution is -0.113. The van der Waals surface area contributed by atoms with E-state index in [1.54, 1.807) is 36.4 Å². The van der Waals surface area contributed by atoms with Gasteiger partial charge in [0.2, 0.25) is 0 Å². The Morgan fingerprint density at radius 3 is 2.41 bits per heavy atom. The number of aliphatic imine (C=N–C) groups is 1. The Bertz CT molecular complexity index is 1170. The van der Waals surface area contributed by atoms with E-state index in [1.807, 2.05) is 24.3 Å². The first-order chi connectivity index (χ1) is 13.9. The molecule has 0 radical (unpaired) electrons. The molecule has 3 aromatic rings. The Morgan fingerprint density at radius 2 is 1.72 bits per heavy atom. The lowest BCUT2D eigenvalue weighted by Gasteiger charge is -2.19. The van der Waals surface area contributed by atoms with Gasteiger partial charge in [0.25, 0.3) is 5.91 Å². The molecule has 0 aromatic heterocycles. The van der Waals surface area contributed by atoms with Crippen LogP contribution in [0.15, 0.2) is 81.9 Å². The second-order valence-electron chi connectivity index (χ2n) is 6.27. The van der Waals surface area contributed by atoms with E-state index in [9.17, 15) is 9.90 Å². The molecule has 1 N–H and O–H groups in total. The number of phenols is 1. The molecule has 144 valence electrons. The van der Waals surface area contributed by atoms with Gasteiger partial charge >= 0.3 is 0 Å². The fraction of sp³-hybridized carbons (Fsp3) is 0. The molecule has 0 unspecified atom stereocenters. The molecule has 4 nitrogen and oxygen atoms in total. The van der Waals surface area contributed by atoms with E-state index in [2.05, 4.69) is 20.9 Å². The average Bonchev–Trinajstić information content (AvgIpc) is 3.01. The number of benzene rings is 3. The highest BCUT2D eigenvalue weighted by Gasteiger charge is 2.33. The number of carbonyl (C=O) groups excluding carboxylic acids is 1. The summed E-state index contributed by atoms with van der Waals surface area (Å²) >= 11 is 15.8. The molecule has 4 rings (SSSR count). The Balaban J connectivity index is 1.86. The zero-order valence-electron chi connectivity index (χ0n) is 14.8. The largest absolute Gasteiger partial charge is 0.508 e. The van der Waals surface area contributed by atoms with Gasteiger partial charge in [-0.2, -0.15) is 0 Å². The van der Waals surface area contributed by atoms with Crippen molar-refractivity contribution in [2.45, 2.75) is 0 Å². The number of amides is 1. The van der Waals surface area contributed by atoms with Crippen molar-refractivity contribution in [3.8, 4) is 5.75 Å². The summed E-state index contributed by atoms with van der Waals surface area (Å²) in [6.45, 7) is 0. The maximum Gasteiger partial charge on any atom is 0.282 e. The summed E-state index contributed by atoms with van der Waals surface area (Å²) in [4.78, 5) is 19.4. The molecule has 1 aliphatic heterocycles. The lowest BCUT2D eigenvalue weighted by Crippen LogP contribution is -2.32. The van der Waals surface area contributed by atoms with Crippen molar-refractivity contribution in [3.63, 3.8) is 0 Å². The summed E-state index contributed by atoms with van der Waals surface area (Å²) in [5.41, 5.74) is 2.24. The fourth-order valence-corrected chi connectivity index (χ4v) is 3.87. The van der Waals surface area contributed by atoms with Crippen LogP contribution in [0.2, 0.25) is 10.0 Å². The van der Waals surface area contributed by atoms with Gasteiger partial charge in [-0.3, -0.25) is 9.69 Å². The standard InChI is InChI=1S/C22H13BrCl2N2O2/c23-18-4-2-1-3-17(18)21-26-20(11-13-5-6-14(24)12-19(13)25)22(29)27(21)15-7-9-16(28)10-8-15/h1-12,28H/b20-11+. The molecular formula is C22H13BrCl2N2O2. The molecule has 0 bridgehead atoms. The van der Waals surface area contributed by atoms with Gasteiger partial charge < -0.3 is 5.11 Å². The van der Waals surface area contributed by atoms with Crippen LogP contribution in [0.3, 0.4) is 0 Å². The summed E-state index contributed by atoms with van der Waals surface area (Å²) in [5, 5.41) is 10.6. The number of phenolic OH excluding ortho intramolecular Hbond substituents is 1. The van der Waals surface area contributed by atoms with Crippen LogP contribution in [0.25, 0.3) is 6.08 Å². The van der Waals surface area contributed by atoms with Gasteiger partial charge in [0.1, 0.15) is 17.3 Å². The molecule has 0 fully saturated rings. The molecule has 7 heteroatoms. The van der Waals surface area contributed by atoms with E-state index < -0.39 is 0 Å². The topological polar surface area (TPSA) is 52.9 Å². The molecule has 0 spiro atoms. The SMILES string of the molecule is O=C1/C(=C\c2ccc(Cl)cc2Cl)N=C(c2ccccc2Br)N1c1ccc(O)cc1.